The van der Waals surface area contributed by atoms with Crippen LogP contribution in [0.5, 0.6) is 0 Å². The summed E-state index contributed by atoms with van der Waals surface area (Å²) in [5, 5.41) is 3.94. The maximum atomic E-state index is 12.4. The molecule has 2 aromatic rings. The quantitative estimate of drug-likeness (QED) is 0.915. The number of para-hydroxylation sites is 1. The van der Waals surface area contributed by atoms with Gasteiger partial charge in [-0.15, -0.1) is 11.3 Å². The summed E-state index contributed by atoms with van der Waals surface area (Å²) in [4.78, 5) is 17.1. The molecule has 0 saturated carbocycles. The molecular formula is C15H16N2O4S. The molecule has 3 heterocycles. The van der Waals surface area contributed by atoms with E-state index in [2.05, 4.69) is 10.3 Å². The van der Waals surface area contributed by atoms with Gasteiger partial charge in [0.2, 0.25) is 0 Å². The Bertz CT molecular complexity index is 659. The zero-order valence-corrected chi connectivity index (χ0v) is 12.7. The van der Waals surface area contributed by atoms with Crippen LogP contribution in [0.1, 0.15) is 5.01 Å². The Hall–Kier alpha value is -1.54. The third-order valence-electron chi connectivity index (χ3n) is 3.87. The molecule has 0 spiro atoms. The van der Waals surface area contributed by atoms with Gasteiger partial charge >= 0.3 is 0 Å². The molecule has 1 aromatic carbocycles. The zero-order valence-electron chi connectivity index (χ0n) is 11.9. The number of nitrogens with zero attached hydrogens (tertiary/aromatic N) is 1. The second-order valence-electron chi connectivity index (χ2n) is 5.49. The Morgan fingerprint density at radius 2 is 2.14 bits per heavy atom. The highest BCUT2D eigenvalue weighted by Gasteiger charge is 2.46. The lowest BCUT2D eigenvalue weighted by Gasteiger charge is -2.41. The summed E-state index contributed by atoms with van der Waals surface area (Å²) in [5.41, 5.74) is 0.405. The minimum Gasteiger partial charge on any atom is -0.376 e. The van der Waals surface area contributed by atoms with Crippen LogP contribution >= 0.6 is 11.3 Å². The number of benzene rings is 1. The highest BCUT2D eigenvalue weighted by Crippen LogP contribution is 2.35. The van der Waals surface area contributed by atoms with Crippen LogP contribution in [0.25, 0.3) is 10.2 Å². The second kappa shape index (κ2) is 5.58. The van der Waals surface area contributed by atoms with Gasteiger partial charge < -0.3 is 19.5 Å². The highest BCUT2D eigenvalue weighted by molar-refractivity contribution is 7.18. The van der Waals surface area contributed by atoms with E-state index < -0.39 is 11.6 Å². The van der Waals surface area contributed by atoms with Crippen molar-refractivity contribution in [2.75, 3.05) is 33.0 Å². The first-order valence-corrected chi connectivity index (χ1v) is 8.04. The van der Waals surface area contributed by atoms with Crippen molar-refractivity contribution < 1.29 is 19.0 Å². The van der Waals surface area contributed by atoms with Crippen LogP contribution in [-0.4, -0.2) is 50.0 Å². The molecular weight excluding hydrogens is 304 g/mol. The third kappa shape index (κ3) is 2.40. The molecule has 22 heavy (non-hydrogen) atoms. The predicted molar refractivity (Wildman–Crippen MR) is 80.8 cm³/mol. The van der Waals surface area contributed by atoms with Gasteiger partial charge in [-0.2, -0.15) is 0 Å². The van der Waals surface area contributed by atoms with Crippen molar-refractivity contribution in [1.82, 2.24) is 10.3 Å². The summed E-state index contributed by atoms with van der Waals surface area (Å²) in [6.45, 7) is 2.15. The van der Waals surface area contributed by atoms with Crippen LogP contribution in [0.3, 0.4) is 0 Å². The van der Waals surface area contributed by atoms with E-state index >= 15 is 0 Å². The fraction of sp³-hybridized carbons (Fsp3) is 0.467. The maximum Gasteiger partial charge on any atom is 0.252 e. The van der Waals surface area contributed by atoms with Crippen molar-refractivity contribution in [2.24, 2.45) is 0 Å². The Balaban J connectivity index is 1.58. The summed E-state index contributed by atoms with van der Waals surface area (Å²) in [6, 6.07) is 7.95. The first kappa shape index (κ1) is 14.1. The Morgan fingerprint density at radius 1 is 1.27 bits per heavy atom. The maximum absolute atomic E-state index is 12.4. The van der Waals surface area contributed by atoms with Gasteiger partial charge in [0.25, 0.3) is 5.91 Å². The molecule has 0 bridgehead atoms. The predicted octanol–water partition coefficient (Wildman–Crippen LogP) is 1.05. The van der Waals surface area contributed by atoms with Gasteiger partial charge in [0.05, 0.1) is 43.3 Å². The number of hydrogen-bond acceptors (Lipinski definition) is 6. The van der Waals surface area contributed by atoms with E-state index in [4.69, 9.17) is 14.2 Å². The third-order valence-corrected chi connectivity index (χ3v) is 5.11. The topological polar surface area (TPSA) is 69.7 Å². The molecule has 2 fully saturated rings. The minimum atomic E-state index is -0.555. The zero-order chi connectivity index (χ0) is 15.0. The standard InChI is InChI=1S/C15H16N2O4S/c18-13(11-7-19-5-6-21-11)17-15(8-20-9-15)14-16-10-3-1-2-4-12(10)22-14/h1-4,11H,5-9H2,(H,17,18). The number of carbonyl (C=O) groups excluding carboxylic acids is 1. The van der Waals surface area contributed by atoms with Gasteiger partial charge in [-0.25, -0.2) is 4.98 Å². The lowest BCUT2D eigenvalue weighted by Crippen LogP contribution is -2.62. The van der Waals surface area contributed by atoms with Gasteiger partial charge in [0, 0.05) is 0 Å². The Morgan fingerprint density at radius 3 is 2.82 bits per heavy atom. The number of ether oxygens (including phenoxy) is 3. The number of rotatable bonds is 3. The molecule has 6 nitrogen and oxygen atoms in total. The van der Waals surface area contributed by atoms with Crippen molar-refractivity contribution in [3.8, 4) is 0 Å². The molecule has 116 valence electrons. The van der Waals surface area contributed by atoms with Crippen LogP contribution in [0.15, 0.2) is 24.3 Å². The molecule has 1 atom stereocenters. The summed E-state index contributed by atoms with van der Waals surface area (Å²) in [5.74, 6) is -0.165. The van der Waals surface area contributed by atoms with Crippen LogP contribution in [0, 0.1) is 0 Å². The van der Waals surface area contributed by atoms with Crippen molar-refractivity contribution in [2.45, 2.75) is 11.6 Å². The van der Waals surface area contributed by atoms with Gasteiger partial charge in [0.15, 0.2) is 6.10 Å². The van der Waals surface area contributed by atoms with Crippen LogP contribution in [0.2, 0.25) is 0 Å². The number of nitrogens with one attached hydrogen (secondary N) is 1. The molecule has 1 unspecified atom stereocenters. The van der Waals surface area contributed by atoms with Gasteiger partial charge in [-0.3, -0.25) is 4.79 Å². The highest BCUT2D eigenvalue weighted by atomic mass is 32.1. The number of amides is 1. The average Bonchev–Trinajstić information content (AvgIpc) is 2.95. The summed E-state index contributed by atoms with van der Waals surface area (Å²) >= 11 is 1.59. The summed E-state index contributed by atoms with van der Waals surface area (Å²) < 4.78 is 17.2. The summed E-state index contributed by atoms with van der Waals surface area (Å²) in [6.07, 6.45) is -0.555. The lowest BCUT2D eigenvalue weighted by molar-refractivity contribution is -0.157. The molecule has 2 saturated heterocycles. The molecule has 4 rings (SSSR count). The molecule has 1 aromatic heterocycles. The van der Waals surface area contributed by atoms with Crippen LogP contribution in [0.4, 0.5) is 0 Å². The van der Waals surface area contributed by atoms with E-state index in [0.29, 0.717) is 33.0 Å². The first-order chi connectivity index (χ1) is 10.8. The Labute approximate surface area is 131 Å². The lowest BCUT2D eigenvalue weighted by atomic mass is 9.98. The fourth-order valence-electron chi connectivity index (χ4n) is 2.59. The number of aromatic nitrogens is 1. The van der Waals surface area contributed by atoms with E-state index in [-0.39, 0.29) is 5.91 Å². The van der Waals surface area contributed by atoms with E-state index in [1.165, 1.54) is 0 Å². The average molecular weight is 320 g/mol. The van der Waals surface area contributed by atoms with E-state index in [9.17, 15) is 4.79 Å². The van der Waals surface area contributed by atoms with Crippen molar-refractivity contribution in [3.05, 3.63) is 29.3 Å². The van der Waals surface area contributed by atoms with Crippen molar-refractivity contribution in [1.29, 1.82) is 0 Å². The molecule has 1 amide bonds. The largest absolute Gasteiger partial charge is 0.376 e. The molecule has 2 aliphatic rings. The normalized spacial score (nSPS) is 23.9. The van der Waals surface area contributed by atoms with Crippen LogP contribution < -0.4 is 5.32 Å². The minimum absolute atomic E-state index is 0.165. The molecule has 7 heteroatoms. The number of hydrogen-bond donors (Lipinski definition) is 1. The second-order valence-corrected chi connectivity index (χ2v) is 6.52. The molecule has 0 aliphatic carbocycles. The fourth-order valence-corrected chi connectivity index (χ4v) is 3.67. The first-order valence-electron chi connectivity index (χ1n) is 7.22. The number of fused-ring (bicyclic) bond motifs is 1. The number of thiazole rings is 1. The van der Waals surface area contributed by atoms with E-state index in [1.807, 2.05) is 24.3 Å². The van der Waals surface area contributed by atoms with Gasteiger partial charge in [0.1, 0.15) is 10.5 Å². The van der Waals surface area contributed by atoms with Gasteiger partial charge in [-0.05, 0) is 12.1 Å². The molecule has 1 N–H and O–H groups in total. The summed E-state index contributed by atoms with van der Waals surface area (Å²) in [7, 11) is 0. The smallest absolute Gasteiger partial charge is 0.252 e. The Kier molecular flexibility index (Phi) is 3.57. The van der Waals surface area contributed by atoms with E-state index in [1.54, 1.807) is 11.3 Å². The number of carbonyl (C=O) groups is 1. The van der Waals surface area contributed by atoms with Crippen molar-refractivity contribution in [3.63, 3.8) is 0 Å². The van der Waals surface area contributed by atoms with Crippen molar-refractivity contribution >= 4 is 27.5 Å². The molecule has 2 aliphatic heterocycles. The molecule has 0 radical (unpaired) electrons. The monoisotopic (exact) mass is 320 g/mol. The SMILES string of the molecule is O=C(NC1(c2nc3ccccc3s2)COC1)C1COCCO1. The van der Waals surface area contributed by atoms with Crippen LogP contribution in [-0.2, 0) is 24.5 Å². The van der Waals surface area contributed by atoms with Gasteiger partial charge in [-0.1, -0.05) is 12.1 Å². The van der Waals surface area contributed by atoms with E-state index in [0.717, 1.165) is 15.2 Å².